The lowest BCUT2D eigenvalue weighted by atomic mass is 10.3. The van der Waals surface area contributed by atoms with E-state index in [1.807, 2.05) is 0 Å². The van der Waals surface area contributed by atoms with E-state index >= 15 is 0 Å². The van der Waals surface area contributed by atoms with Gasteiger partial charge in [-0.25, -0.2) is 0 Å². The third-order valence-corrected chi connectivity index (χ3v) is 1.34. The minimum atomic E-state index is 0.730. The normalized spacial score (nSPS) is 11.8. The van der Waals surface area contributed by atoms with Gasteiger partial charge in [0.1, 0.15) is 0 Å². The number of alkyl halides is 1. The summed E-state index contributed by atoms with van der Waals surface area (Å²) >= 11 is 5.47. The molecule has 0 unspecified atom stereocenters. The summed E-state index contributed by atoms with van der Waals surface area (Å²) in [7, 11) is 0. The first kappa shape index (κ1) is 9.77. The third kappa shape index (κ3) is 7.77. The van der Waals surface area contributed by atoms with E-state index in [-0.39, 0.29) is 0 Å². The van der Waals surface area contributed by atoms with Gasteiger partial charge in [-0.1, -0.05) is 31.2 Å². The van der Waals surface area contributed by atoms with Crippen LogP contribution in [0.4, 0.5) is 0 Å². The quantitative estimate of drug-likeness (QED) is 0.424. The maximum atomic E-state index is 5.47. The molecule has 0 aliphatic carbocycles. The molecule has 0 fully saturated rings. The van der Waals surface area contributed by atoms with Gasteiger partial charge in [0.05, 0.1) is 0 Å². The highest BCUT2D eigenvalue weighted by Crippen LogP contribution is 1.91. The van der Waals surface area contributed by atoms with Crippen LogP contribution in [0.1, 0.15) is 26.2 Å². The van der Waals surface area contributed by atoms with Crippen molar-refractivity contribution in [2.24, 2.45) is 0 Å². The van der Waals surface area contributed by atoms with Crippen LogP contribution in [0, 0.1) is 0 Å². The van der Waals surface area contributed by atoms with Gasteiger partial charge in [-0.15, -0.1) is 11.6 Å². The molecule has 0 N–H and O–H groups in total. The fraction of sp³-hybridized carbons (Fsp3) is 0.556. The molecule has 0 atom stereocenters. The molecule has 0 aromatic heterocycles. The second-order valence-corrected chi connectivity index (χ2v) is 2.44. The molecule has 0 nitrogen and oxygen atoms in total. The van der Waals surface area contributed by atoms with Crippen molar-refractivity contribution in [2.75, 3.05) is 5.88 Å². The van der Waals surface area contributed by atoms with Crippen LogP contribution in [0.25, 0.3) is 0 Å². The Labute approximate surface area is 68.6 Å². The zero-order chi connectivity index (χ0) is 7.66. The first-order valence-corrected chi connectivity index (χ1v) is 4.31. The van der Waals surface area contributed by atoms with E-state index in [1.165, 1.54) is 0 Å². The van der Waals surface area contributed by atoms with E-state index in [0.29, 0.717) is 0 Å². The van der Waals surface area contributed by atoms with Crippen LogP contribution in [0.2, 0.25) is 0 Å². The maximum Gasteiger partial charge on any atom is 0.0258 e. The maximum absolute atomic E-state index is 5.47. The van der Waals surface area contributed by atoms with Crippen molar-refractivity contribution in [1.29, 1.82) is 0 Å². The lowest BCUT2D eigenvalue weighted by molar-refractivity contribution is 1.18. The predicted molar refractivity (Wildman–Crippen MR) is 48.5 cm³/mol. The van der Waals surface area contributed by atoms with Gasteiger partial charge in [0, 0.05) is 5.88 Å². The minimum Gasteiger partial charge on any atom is -0.126 e. The van der Waals surface area contributed by atoms with Crippen molar-refractivity contribution in [1.82, 2.24) is 0 Å². The summed E-state index contributed by atoms with van der Waals surface area (Å²) in [5.41, 5.74) is 0. The molecule has 0 saturated carbocycles. The Morgan fingerprint density at radius 2 is 1.80 bits per heavy atom. The summed E-state index contributed by atoms with van der Waals surface area (Å²) in [5, 5.41) is 0. The Balaban J connectivity index is 3.09. The minimum absolute atomic E-state index is 0.730. The highest BCUT2D eigenvalue weighted by molar-refractivity contribution is 6.17. The van der Waals surface area contributed by atoms with E-state index in [2.05, 4.69) is 31.2 Å². The molecule has 0 aromatic rings. The first-order valence-electron chi connectivity index (χ1n) is 3.77. The molecule has 58 valence electrons. The molecule has 0 heterocycles. The van der Waals surface area contributed by atoms with Crippen molar-refractivity contribution in [3.63, 3.8) is 0 Å². The number of allylic oxidation sites excluding steroid dienone is 4. The Hall–Kier alpha value is -0.230. The molecule has 0 amide bonds. The van der Waals surface area contributed by atoms with Crippen LogP contribution in [-0.2, 0) is 0 Å². The summed E-state index contributed by atoms with van der Waals surface area (Å²) in [6, 6.07) is 0. The summed E-state index contributed by atoms with van der Waals surface area (Å²) < 4.78 is 0. The van der Waals surface area contributed by atoms with Gasteiger partial charge in [-0.05, 0) is 19.3 Å². The molecule has 0 saturated heterocycles. The highest BCUT2D eigenvalue weighted by Gasteiger charge is 1.72. The zero-order valence-corrected chi connectivity index (χ0v) is 7.27. The summed E-state index contributed by atoms with van der Waals surface area (Å²) in [4.78, 5) is 0. The van der Waals surface area contributed by atoms with E-state index in [9.17, 15) is 0 Å². The lowest BCUT2D eigenvalue weighted by Gasteiger charge is -1.82. The number of halogens is 1. The van der Waals surface area contributed by atoms with Crippen molar-refractivity contribution < 1.29 is 0 Å². The standard InChI is InChI=1S/C9H15Cl/c1-2-3-4-5-6-7-8-9-10/h3-4,6-7H,2,5,8-9H2,1H3/b4-3+,7-6+. The third-order valence-electron chi connectivity index (χ3n) is 1.12. The fourth-order valence-electron chi connectivity index (χ4n) is 0.619. The molecule has 0 aliphatic heterocycles. The Bertz CT molecular complexity index is 103. The van der Waals surface area contributed by atoms with E-state index in [1.54, 1.807) is 0 Å². The molecular formula is C9H15Cl. The number of rotatable bonds is 5. The summed E-state index contributed by atoms with van der Waals surface area (Å²) in [6.07, 6.45) is 11.8. The van der Waals surface area contributed by atoms with Crippen LogP contribution < -0.4 is 0 Å². The lowest BCUT2D eigenvalue weighted by Crippen LogP contribution is -1.65. The van der Waals surface area contributed by atoms with E-state index in [0.717, 1.165) is 25.1 Å². The van der Waals surface area contributed by atoms with Crippen LogP contribution in [0.5, 0.6) is 0 Å². The van der Waals surface area contributed by atoms with Gasteiger partial charge in [-0.3, -0.25) is 0 Å². The molecule has 0 radical (unpaired) electrons. The molecule has 0 bridgehead atoms. The van der Waals surface area contributed by atoms with Crippen molar-refractivity contribution in [3.05, 3.63) is 24.3 Å². The molecule has 0 aromatic carbocycles. The van der Waals surface area contributed by atoms with Gasteiger partial charge in [0.15, 0.2) is 0 Å². The van der Waals surface area contributed by atoms with Gasteiger partial charge in [-0.2, -0.15) is 0 Å². The second kappa shape index (κ2) is 8.77. The largest absolute Gasteiger partial charge is 0.126 e. The van der Waals surface area contributed by atoms with Crippen LogP contribution in [0.3, 0.4) is 0 Å². The first-order chi connectivity index (χ1) is 4.91. The molecular weight excluding hydrogens is 144 g/mol. The Morgan fingerprint density at radius 1 is 1.10 bits per heavy atom. The van der Waals surface area contributed by atoms with Crippen molar-refractivity contribution in [2.45, 2.75) is 26.2 Å². The fourth-order valence-corrected chi connectivity index (χ4v) is 0.745. The van der Waals surface area contributed by atoms with E-state index < -0.39 is 0 Å². The van der Waals surface area contributed by atoms with E-state index in [4.69, 9.17) is 11.6 Å². The van der Waals surface area contributed by atoms with Crippen molar-refractivity contribution in [3.8, 4) is 0 Å². The van der Waals surface area contributed by atoms with Crippen LogP contribution in [0.15, 0.2) is 24.3 Å². The van der Waals surface area contributed by atoms with Crippen molar-refractivity contribution >= 4 is 11.6 Å². The van der Waals surface area contributed by atoms with Gasteiger partial charge >= 0.3 is 0 Å². The average molecular weight is 159 g/mol. The predicted octanol–water partition coefficient (Wildman–Crippen LogP) is 3.53. The van der Waals surface area contributed by atoms with Gasteiger partial charge < -0.3 is 0 Å². The highest BCUT2D eigenvalue weighted by atomic mass is 35.5. The molecule has 10 heavy (non-hydrogen) atoms. The van der Waals surface area contributed by atoms with Gasteiger partial charge in [0.25, 0.3) is 0 Å². The number of hydrogen-bond donors (Lipinski definition) is 0. The molecule has 1 heteroatoms. The Morgan fingerprint density at radius 3 is 2.40 bits per heavy atom. The Kier molecular flexibility index (Phi) is 8.57. The monoisotopic (exact) mass is 158 g/mol. The summed E-state index contributed by atoms with van der Waals surface area (Å²) in [6.45, 7) is 2.14. The summed E-state index contributed by atoms with van der Waals surface area (Å²) in [5.74, 6) is 0.730. The molecule has 0 aliphatic rings. The average Bonchev–Trinajstić information content (AvgIpc) is 1.97. The molecule has 0 spiro atoms. The molecule has 0 rings (SSSR count). The second-order valence-electron chi connectivity index (χ2n) is 2.06. The van der Waals surface area contributed by atoms with Gasteiger partial charge in [0.2, 0.25) is 0 Å². The topological polar surface area (TPSA) is 0 Å². The number of hydrogen-bond acceptors (Lipinski definition) is 0. The smallest absolute Gasteiger partial charge is 0.0258 e. The SMILES string of the molecule is CC/C=C/C/C=C/CCCl. The zero-order valence-electron chi connectivity index (χ0n) is 6.52. The van der Waals surface area contributed by atoms with Crippen LogP contribution in [-0.4, -0.2) is 5.88 Å². The van der Waals surface area contributed by atoms with Crippen LogP contribution >= 0.6 is 11.6 Å².